The van der Waals surface area contributed by atoms with Crippen LogP contribution in [0.25, 0.3) is 0 Å². The zero-order chi connectivity index (χ0) is 15.4. The second-order valence-electron chi connectivity index (χ2n) is 5.43. The predicted octanol–water partition coefficient (Wildman–Crippen LogP) is 2.44. The van der Waals surface area contributed by atoms with Crippen LogP contribution in [0.4, 0.5) is 5.69 Å². The van der Waals surface area contributed by atoms with Crippen LogP contribution >= 0.6 is 0 Å². The maximum absolute atomic E-state index is 12.4. The third-order valence-electron chi connectivity index (χ3n) is 3.45. The molecule has 1 aromatic carbocycles. The molecule has 0 radical (unpaired) electrons. The molecule has 0 saturated heterocycles. The number of aromatic nitrogens is 2. The minimum absolute atomic E-state index is 0.0946. The van der Waals surface area contributed by atoms with E-state index in [1.165, 1.54) is 5.56 Å². The summed E-state index contributed by atoms with van der Waals surface area (Å²) >= 11 is 0. The van der Waals surface area contributed by atoms with Crippen LogP contribution in [0.15, 0.2) is 36.7 Å². The first-order chi connectivity index (χ1) is 10.0. The van der Waals surface area contributed by atoms with Gasteiger partial charge in [-0.3, -0.25) is 9.48 Å². The Hall–Kier alpha value is -2.14. The fraction of sp³-hybridized carbons (Fsp3) is 0.375. The van der Waals surface area contributed by atoms with E-state index < -0.39 is 6.04 Å². The molecule has 2 rings (SSSR count). The number of anilines is 1. The van der Waals surface area contributed by atoms with Crippen molar-refractivity contribution < 1.29 is 4.79 Å². The molecule has 1 aromatic heterocycles. The van der Waals surface area contributed by atoms with Crippen molar-refractivity contribution in [3.63, 3.8) is 0 Å². The van der Waals surface area contributed by atoms with Crippen LogP contribution in [-0.4, -0.2) is 22.7 Å². The van der Waals surface area contributed by atoms with Crippen LogP contribution in [0.3, 0.4) is 0 Å². The molecule has 5 heteroatoms. The van der Waals surface area contributed by atoms with Crippen molar-refractivity contribution in [2.75, 3.05) is 12.4 Å². The number of carbonyl (C=O) groups is 1. The van der Waals surface area contributed by atoms with Gasteiger partial charge in [-0.1, -0.05) is 26.0 Å². The van der Waals surface area contributed by atoms with Gasteiger partial charge in [-0.15, -0.1) is 0 Å². The van der Waals surface area contributed by atoms with Crippen molar-refractivity contribution in [1.82, 2.24) is 15.1 Å². The lowest BCUT2D eigenvalue weighted by Gasteiger charge is -2.15. The van der Waals surface area contributed by atoms with Crippen LogP contribution in [0.5, 0.6) is 0 Å². The minimum Gasteiger partial charge on any atom is -0.324 e. The Kier molecular flexibility index (Phi) is 4.75. The first kappa shape index (κ1) is 15.3. The van der Waals surface area contributed by atoms with E-state index in [1.54, 1.807) is 17.9 Å². The Balaban J connectivity index is 2.08. The first-order valence-corrected chi connectivity index (χ1v) is 7.08. The average molecular weight is 286 g/mol. The van der Waals surface area contributed by atoms with Crippen LogP contribution in [0.1, 0.15) is 36.9 Å². The third-order valence-corrected chi connectivity index (χ3v) is 3.45. The van der Waals surface area contributed by atoms with E-state index in [0.717, 1.165) is 11.3 Å². The molecule has 0 aliphatic carbocycles. The summed E-state index contributed by atoms with van der Waals surface area (Å²) in [5.74, 6) is 0.387. The van der Waals surface area contributed by atoms with Gasteiger partial charge >= 0.3 is 0 Å². The van der Waals surface area contributed by atoms with E-state index in [2.05, 4.69) is 29.6 Å². The van der Waals surface area contributed by atoms with Gasteiger partial charge in [-0.05, 0) is 30.7 Å². The number of rotatable bonds is 5. The molecule has 5 nitrogen and oxygen atoms in total. The summed E-state index contributed by atoms with van der Waals surface area (Å²) in [4.78, 5) is 12.4. The summed E-state index contributed by atoms with van der Waals surface area (Å²) < 4.78 is 1.68. The third kappa shape index (κ3) is 3.70. The molecule has 1 heterocycles. The Morgan fingerprint density at radius 2 is 1.86 bits per heavy atom. The Morgan fingerprint density at radius 1 is 1.19 bits per heavy atom. The monoisotopic (exact) mass is 286 g/mol. The quantitative estimate of drug-likeness (QED) is 0.887. The van der Waals surface area contributed by atoms with E-state index in [0.29, 0.717) is 5.92 Å². The molecule has 1 unspecified atom stereocenters. The van der Waals surface area contributed by atoms with E-state index in [4.69, 9.17) is 0 Å². The Morgan fingerprint density at radius 3 is 2.33 bits per heavy atom. The van der Waals surface area contributed by atoms with Crippen molar-refractivity contribution in [1.29, 1.82) is 0 Å². The van der Waals surface area contributed by atoms with Gasteiger partial charge in [-0.2, -0.15) is 5.10 Å². The molecule has 2 aromatic rings. The van der Waals surface area contributed by atoms with Crippen molar-refractivity contribution in [3.05, 3.63) is 47.8 Å². The van der Waals surface area contributed by atoms with Gasteiger partial charge in [0.15, 0.2) is 0 Å². The van der Waals surface area contributed by atoms with Crippen molar-refractivity contribution >= 4 is 11.6 Å². The first-order valence-electron chi connectivity index (χ1n) is 7.08. The fourth-order valence-electron chi connectivity index (χ4n) is 2.20. The molecule has 2 N–H and O–H groups in total. The van der Waals surface area contributed by atoms with Gasteiger partial charge in [0.2, 0.25) is 5.91 Å². The predicted molar refractivity (Wildman–Crippen MR) is 84.2 cm³/mol. The molecule has 1 amide bonds. The number of hydrogen-bond acceptors (Lipinski definition) is 3. The lowest BCUT2D eigenvalue weighted by molar-refractivity contribution is -0.118. The number of likely N-dealkylation sites (N-methyl/N-ethyl adjacent to an activating group) is 1. The SMILES string of the molecule is CNC(C(=O)Nc1ccc(C(C)C)cc1)c1cnn(C)c1. The number of nitrogens with one attached hydrogen (secondary N) is 2. The molecule has 112 valence electrons. The lowest BCUT2D eigenvalue weighted by Crippen LogP contribution is -2.30. The number of benzene rings is 1. The number of hydrogen-bond donors (Lipinski definition) is 2. The largest absolute Gasteiger partial charge is 0.324 e. The van der Waals surface area contributed by atoms with Crippen LogP contribution in [0, 0.1) is 0 Å². The molecule has 0 aliphatic rings. The lowest BCUT2D eigenvalue weighted by atomic mass is 10.0. The topological polar surface area (TPSA) is 59.0 Å². The van der Waals surface area contributed by atoms with Crippen LogP contribution in [0.2, 0.25) is 0 Å². The van der Waals surface area contributed by atoms with Crippen molar-refractivity contribution in [2.45, 2.75) is 25.8 Å². The summed E-state index contributed by atoms with van der Waals surface area (Å²) in [7, 11) is 3.60. The fourth-order valence-corrected chi connectivity index (χ4v) is 2.20. The molecule has 0 spiro atoms. The number of amides is 1. The molecule has 0 aliphatic heterocycles. The zero-order valence-corrected chi connectivity index (χ0v) is 12.9. The van der Waals surface area contributed by atoms with E-state index in [-0.39, 0.29) is 5.91 Å². The summed E-state index contributed by atoms with van der Waals surface area (Å²) in [6.07, 6.45) is 3.53. The molecular weight excluding hydrogens is 264 g/mol. The highest BCUT2D eigenvalue weighted by atomic mass is 16.2. The number of aryl methyl sites for hydroxylation is 1. The van der Waals surface area contributed by atoms with E-state index in [1.807, 2.05) is 37.5 Å². The number of carbonyl (C=O) groups excluding carboxylic acids is 1. The van der Waals surface area contributed by atoms with Crippen LogP contribution in [-0.2, 0) is 11.8 Å². The maximum Gasteiger partial charge on any atom is 0.246 e. The Labute approximate surface area is 125 Å². The second-order valence-corrected chi connectivity index (χ2v) is 5.43. The average Bonchev–Trinajstić information content (AvgIpc) is 2.86. The standard InChI is InChI=1S/C16H22N4O/c1-11(2)12-5-7-14(8-6-12)19-16(21)15(17-3)13-9-18-20(4)10-13/h5-11,15,17H,1-4H3,(H,19,21). The highest BCUT2D eigenvalue weighted by Gasteiger charge is 2.20. The smallest absolute Gasteiger partial charge is 0.246 e. The molecule has 0 bridgehead atoms. The van der Waals surface area contributed by atoms with Gasteiger partial charge in [-0.25, -0.2) is 0 Å². The van der Waals surface area contributed by atoms with Gasteiger partial charge in [0.1, 0.15) is 6.04 Å². The highest BCUT2D eigenvalue weighted by Crippen LogP contribution is 2.19. The second kappa shape index (κ2) is 6.54. The molecular formula is C16H22N4O. The van der Waals surface area contributed by atoms with Crippen LogP contribution < -0.4 is 10.6 Å². The van der Waals surface area contributed by atoms with E-state index in [9.17, 15) is 4.79 Å². The Bertz CT molecular complexity index is 601. The number of nitrogens with zero attached hydrogens (tertiary/aromatic N) is 2. The minimum atomic E-state index is -0.413. The highest BCUT2D eigenvalue weighted by molar-refractivity contribution is 5.95. The zero-order valence-electron chi connectivity index (χ0n) is 12.9. The van der Waals surface area contributed by atoms with Gasteiger partial charge in [0.05, 0.1) is 6.20 Å². The molecule has 0 fully saturated rings. The summed E-state index contributed by atoms with van der Waals surface area (Å²) in [5.41, 5.74) is 2.90. The normalized spacial score (nSPS) is 12.4. The summed E-state index contributed by atoms with van der Waals surface area (Å²) in [6.45, 7) is 4.29. The molecule has 21 heavy (non-hydrogen) atoms. The van der Waals surface area contributed by atoms with Gasteiger partial charge < -0.3 is 10.6 Å². The summed E-state index contributed by atoms with van der Waals surface area (Å²) in [5, 5.41) is 10.0. The molecule has 0 saturated carbocycles. The summed E-state index contributed by atoms with van der Waals surface area (Å²) in [6, 6.07) is 7.53. The van der Waals surface area contributed by atoms with Gasteiger partial charge in [0, 0.05) is 24.5 Å². The van der Waals surface area contributed by atoms with E-state index >= 15 is 0 Å². The van der Waals surface area contributed by atoms with Gasteiger partial charge in [0.25, 0.3) is 0 Å². The van der Waals surface area contributed by atoms with Crippen molar-refractivity contribution in [2.24, 2.45) is 7.05 Å². The van der Waals surface area contributed by atoms with Crippen molar-refractivity contribution in [3.8, 4) is 0 Å². The maximum atomic E-state index is 12.4. The molecule has 1 atom stereocenters.